The van der Waals surface area contributed by atoms with Gasteiger partial charge in [-0.1, -0.05) is 5.21 Å². The Morgan fingerprint density at radius 3 is 2.58 bits per heavy atom. The molecule has 0 radical (unpaired) electrons. The highest BCUT2D eigenvalue weighted by Gasteiger charge is 2.26. The molecule has 0 bridgehead atoms. The molecule has 1 N–H and O–H groups in total. The number of aromatic nitrogens is 4. The summed E-state index contributed by atoms with van der Waals surface area (Å²) in [4.78, 5) is 0. The largest absolute Gasteiger partial charge is 0.389 e. The van der Waals surface area contributed by atoms with Crippen LogP contribution in [0.2, 0.25) is 0 Å². The van der Waals surface area contributed by atoms with Crippen LogP contribution < -0.4 is 0 Å². The molecule has 0 fully saturated rings. The summed E-state index contributed by atoms with van der Waals surface area (Å²) in [7, 11) is 0. The molecular weight excluding hydrogens is 173 g/mol. The molecule has 1 rings (SSSR count). The number of hydrogen-bond acceptors (Lipinski definition) is 3. The number of H-pyrrole nitrogens is 1. The van der Waals surface area contributed by atoms with E-state index in [0.717, 1.165) is 0 Å². The highest BCUT2D eigenvalue weighted by atomic mass is 19.4. The maximum Gasteiger partial charge on any atom is 0.389 e. The molecular formula is C5H7F3N4. The first-order valence-electron chi connectivity index (χ1n) is 3.37. The monoisotopic (exact) mass is 180 g/mol. The summed E-state index contributed by atoms with van der Waals surface area (Å²) < 4.78 is 34.9. The van der Waals surface area contributed by atoms with Gasteiger partial charge in [0.05, 0.1) is 0 Å². The highest BCUT2D eigenvalue weighted by molar-refractivity contribution is 4.75. The molecule has 1 aromatic rings. The Labute approximate surface area is 66.2 Å². The maximum absolute atomic E-state index is 11.6. The van der Waals surface area contributed by atoms with Crippen LogP contribution in [-0.2, 0) is 6.42 Å². The van der Waals surface area contributed by atoms with E-state index in [2.05, 4.69) is 20.6 Å². The minimum atomic E-state index is -4.09. The molecule has 0 aliphatic heterocycles. The number of alkyl halides is 3. The van der Waals surface area contributed by atoms with Crippen molar-refractivity contribution in [3.63, 3.8) is 0 Å². The third kappa shape index (κ3) is 3.31. The van der Waals surface area contributed by atoms with Crippen LogP contribution in [0.15, 0.2) is 0 Å². The Balaban J connectivity index is 2.20. The molecule has 0 aromatic carbocycles. The van der Waals surface area contributed by atoms with E-state index in [-0.39, 0.29) is 12.8 Å². The van der Waals surface area contributed by atoms with Crippen molar-refractivity contribution in [2.75, 3.05) is 0 Å². The SMILES string of the molecule is FC(F)(F)CCCc1nn[nH]n1. The van der Waals surface area contributed by atoms with Crippen LogP contribution in [-0.4, -0.2) is 26.8 Å². The number of nitrogens with one attached hydrogen (secondary N) is 1. The molecule has 0 amide bonds. The summed E-state index contributed by atoms with van der Waals surface area (Å²) in [5.74, 6) is 0.319. The van der Waals surface area contributed by atoms with Gasteiger partial charge in [0.15, 0.2) is 5.82 Å². The van der Waals surface area contributed by atoms with Crippen molar-refractivity contribution in [3.05, 3.63) is 5.82 Å². The van der Waals surface area contributed by atoms with Crippen LogP contribution in [0.1, 0.15) is 18.7 Å². The minimum absolute atomic E-state index is 0.00301. The summed E-state index contributed by atoms with van der Waals surface area (Å²) in [6.45, 7) is 0. The van der Waals surface area contributed by atoms with Crippen molar-refractivity contribution < 1.29 is 13.2 Å². The fraction of sp³-hybridized carbons (Fsp3) is 0.800. The van der Waals surface area contributed by atoms with E-state index in [4.69, 9.17) is 0 Å². The van der Waals surface area contributed by atoms with E-state index in [9.17, 15) is 13.2 Å². The van der Waals surface area contributed by atoms with Crippen molar-refractivity contribution >= 4 is 0 Å². The molecule has 1 heterocycles. The first-order valence-corrected chi connectivity index (χ1v) is 3.37. The van der Waals surface area contributed by atoms with E-state index in [1.165, 1.54) is 0 Å². The predicted octanol–water partition coefficient (Wildman–Crippen LogP) is 1.08. The molecule has 0 saturated carbocycles. The van der Waals surface area contributed by atoms with Crippen molar-refractivity contribution in [1.29, 1.82) is 0 Å². The van der Waals surface area contributed by atoms with Crippen molar-refractivity contribution in [1.82, 2.24) is 20.6 Å². The van der Waals surface area contributed by atoms with Crippen LogP contribution in [0.25, 0.3) is 0 Å². The number of halogens is 3. The standard InChI is InChI=1S/C5H7F3N4/c6-5(7,8)3-1-2-4-9-11-12-10-4/h1-3H2,(H,9,10,11,12). The molecule has 0 saturated heterocycles. The van der Waals surface area contributed by atoms with Crippen LogP contribution in [0, 0.1) is 0 Å². The second-order valence-electron chi connectivity index (χ2n) is 2.30. The average molecular weight is 180 g/mol. The first kappa shape index (κ1) is 8.95. The average Bonchev–Trinajstić information content (AvgIpc) is 2.36. The Kier molecular flexibility index (Phi) is 2.61. The zero-order valence-corrected chi connectivity index (χ0v) is 6.10. The molecule has 1 aromatic heterocycles. The number of rotatable bonds is 3. The predicted molar refractivity (Wildman–Crippen MR) is 33.2 cm³/mol. The second kappa shape index (κ2) is 3.51. The van der Waals surface area contributed by atoms with Gasteiger partial charge in [-0.2, -0.15) is 18.4 Å². The van der Waals surface area contributed by atoms with Gasteiger partial charge in [0.1, 0.15) is 0 Å². The summed E-state index contributed by atoms with van der Waals surface area (Å²) in [5, 5.41) is 12.4. The molecule has 7 heteroatoms. The number of aromatic amines is 1. The van der Waals surface area contributed by atoms with E-state index < -0.39 is 12.6 Å². The zero-order chi connectivity index (χ0) is 9.03. The second-order valence-corrected chi connectivity index (χ2v) is 2.30. The van der Waals surface area contributed by atoms with Gasteiger partial charge in [0.25, 0.3) is 0 Å². The van der Waals surface area contributed by atoms with Gasteiger partial charge in [-0.15, -0.1) is 10.2 Å². The number of hydrogen-bond donors (Lipinski definition) is 1. The Bertz CT molecular complexity index is 217. The third-order valence-corrected chi connectivity index (χ3v) is 1.25. The van der Waals surface area contributed by atoms with Gasteiger partial charge in [-0.05, 0) is 6.42 Å². The summed E-state index contributed by atoms with van der Waals surface area (Å²) >= 11 is 0. The molecule has 0 atom stereocenters. The molecule has 0 aliphatic carbocycles. The lowest BCUT2D eigenvalue weighted by molar-refractivity contribution is -0.135. The zero-order valence-electron chi connectivity index (χ0n) is 6.10. The van der Waals surface area contributed by atoms with Gasteiger partial charge in [0.2, 0.25) is 0 Å². The normalized spacial score (nSPS) is 11.9. The summed E-state index contributed by atoms with van der Waals surface area (Å²) in [6, 6.07) is 0. The third-order valence-electron chi connectivity index (χ3n) is 1.25. The van der Waals surface area contributed by atoms with Crippen LogP contribution in [0.4, 0.5) is 13.2 Å². The summed E-state index contributed by atoms with van der Waals surface area (Å²) in [5.41, 5.74) is 0. The first-order chi connectivity index (χ1) is 5.58. The number of tetrazole rings is 1. The lowest BCUT2D eigenvalue weighted by atomic mass is 10.2. The quantitative estimate of drug-likeness (QED) is 0.757. The van der Waals surface area contributed by atoms with Gasteiger partial charge in [-0.25, -0.2) is 0 Å². The summed E-state index contributed by atoms with van der Waals surface area (Å²) in [6.07, 6.45) is -4.69. The van der Waals surface area contributed by atoms with Gasteiger partial charge in [0, 0.05) is 12.8 Å². The van der Waals surface area contributed by atoms with Gasteiger partial charge < -0.3 is 0 Å². The number of aryl methyl sites for hydroxylation is 1. The number of nitrogens with zero attached hydrogens (tertiary/aromatic N) is 3. The molecule has 0 spiro atoms. The van der Waals surface area contributed by atoms with Crippen molar-refractivity contribution in [2.45, 2.75) is 25.4 Å². The molecule has 12 heavy (non-hydrogen) atoms. The van der Waals surface area contributed by atoms with E-state index in [1.807, 2.05) is 0 Å². The van der Waals surface area contributed by atoms with Crippen LogP contribution in [0.3, 0.4) is 0 Å². The van der Waals surface area contributed by atoms with Crippen LogP contribution in [0.5, 0.6) is 0 Å². The van der Waals surface area contributed by atoms with Gasteiger partial charge >= 0.3 is 6.18 Å². The fourth-order valence-electron chi connectivity index (χ4n) is 0.735. The van der Waals surface area contributed by atoms with E-state index >= 15 is 0 Å². The van der Waals surface area contributed by atoms with Crippen molar-refractivity contribution in [3.8, 4) is 0 Å². The van der Waals surface area contributed by atoms with Crippen LogP contribution >= 0.6 is 0 Å². The minimum Gasteiger partial charge on any atom is -0.177 e. The van der Waals surface area contributed by atoms with Crippen molar-refractivity contribution in [2.24, 2.45) is 0 Å². The topological polar surface area (TPSA) is 54.5 Å². The lowest BCUT2D eigenvalue weighted by Gasteiger charge is -2.02. The lowest BCUT2D eigenvalue weighted by Crippen LogP contribution is -2.07. The molecule has 4 nitrogen and oxygen atoms in total. The Morgan fingerprint density at radius 2 is 2.08 bits per heavy atom. The molecule has 0 unspecified atom stereocenters. The molecule has 0 aliphatic rings. The maximum atomic E-state index is 11.6. The highest BCUT2D eigenvalue weighted by Crippen LogP contribution is 2.21. The van der Waals surface area contributed by atoms with E-state index in [0.29, 0.717) is 5.82 Å². The smallest absolute Gasteiger partial charge is 0.177 e. The van der Waals surface area contributed by atoms with Gasteiger partial charge in [-0.3, -0.25) is 0 Å². The van der Waals surface area contributed by atoms with E-state index in [1.54, 1.807) is 0 Å². The Morgan fingerprint density at radius 1 is 1.33 bits per heavy atom. The fourth-order valence-corrected chi connectivity index (χ4v) is 0.735. The molecule has 68 valence electrons. The Hall–Kier alpha value is -1.14.